The lowest BCUT2D eigenvalue weighted by Gasteiger charge is -2.25. The average Bonchev–Trinajstić information content (AvgIpc) is 3.41. The van der Waals surface area contributed by atoms with Crippen LogP contribution in [0.5, 0.6) is 0 Å². The van der Waals surface area contributed by atoms with Crippen molar-refractivity contribution >= 4 is 16.6 Å². The molecule has 2 heterocycles. The molecule has 0 bridgehead atoms. The van der Waals surface area contributed by atoms with E-state index in [2.05, 4.69) is 0 Å². The third-order valence-corrected chi connectivity index (χ3v) is 6.09. The summed E-state index contributed by atoms with van der Waals surface area (Å²) in [6.45, 7) is 1.39. The van der Waals surface area contributed by atoms with Gasteiger partial charge in [-0.2, -0.15) is 0 Å². The molecule has 3 N–H and O–H groups in total. The monoisotopic (exact) mass is 414 g/mol. The number of nitrogens with one attached hydrogen (secondary N) is 1. The van der Waals surface area contributed by atoms with Crippen LogP contribution in [0.2, 0.25) is 0 Å². The second kappa shape index (κ2) is 7.16. The number of nitrogens with two attached hydrogens (primary N) is 1. The van der Waals surface area contributed by atoms with Crippen LogP contribution < -0.4 is 21.9 Å². The van der Waals surface area contributed by atoms with Crippen molar-refractivity contribution in [1.29, 1.82) is 0 Å². The van der Waals surface area contributed by atoms with Crippen molar-refractivity contribution in [2.24, 2.45) is 17.6 Å². The summed E-state index contributed by atoms with van der Waals surface area (Å²) in [5, 5.41) is -0.498. The normalized spacial score (nSPS) is 22.2. The molecule has 1 saturated heterocycles. The van der Waals surface area contributed by atoms with E-state index in [0.717, 1.165) is 0 Å². The summed E-state index contributed by atoms with van der Waals surface area (Å²) in [6.07, 6.45) is -1.92. The summed E-state index contributed by atoms with van der Waals surface area (Å²) in [5.41, 5.74) is 3.09. The molecule has 0 amide bonds. The maximum Gasteiger partial charge on any atom is 0.329 e. The number of H-pyrrole nitrogens is 1. The van der Waals surface area contributed by atoms with Gasteiger partial charge in [-0.1, -0.05) is 0 Å². The Morgan fingerprint density at radius 3 is 2.38 bits per heavy atom. The van der Waals surface area contributed by atoms with Gasteiger partial charge in [0.1, 0.15) is 0 Å². The van der Waals surface area contributed by atoms with E-state index >= 15 is 4.39 Å². The Hall–Kier alpha value is -2.36. The predicted molar refractivity (Wildman–Crippen MR) is 101 cm³/mol. The van der Waals surface area contributed by atoms with Crippen molar-refractivity contribution in [1.82, 2.24) is 9.55 Å². The SMILES string of the molecule is Cc1c(N2CC(CN)C(CF)C2)c(F)c(C(F)F)c2c(=O)[nH]c(=O)n(C3CC3)c12. The summed E-state index contributed by atoms with van der Waals surface area (Å²) < 4.78 is 57.8. The molecule has 158 valence electrons. The minimum absolute atomic E-state index is 0.0287. The zero-order valence-corrected chi connectivity index (χ0v) is 15.9. The average molecular weight is 414 g/mol. The number of nitrogens with zero attached hydrogens (tertiary/aromatic N) is 2. The fraction of sp³-hybridized carbons (Fsp3) is 0.579. The van der Waals surface area contributed by atoms with Gasteiger partial charge in [0, 0.05) is 30.6 Å². The van der Waals surface area contributed by atoms with E-state index < -0.39 is 47.0 Å². The van der Waals surface area contributed by atoms with E-state index in [1.54, 1.807) is 0 Å². The third-order valence-electron chi connectivity index (χ3n) is 6.09. The molecule has 1 aromatic heterocycles. The number of fused-ring (bicyclic) bond motifs is 1. The van der Waals surface area contributed by atoms with Gasteiger partial charge in [0.05, 0.1) is 28.8 Å². The van der Waals surface area contributed by atoms with Gasteiger partial charge in [0.25, 0.3) is 12.0 Å². The van der Waals surface area contributed by atoms with Gasteiger partial charge in [0.2, 0.25) is 0 Å². The highest BCUT2D eigenvalue weighted by molar-refractivity contribution is 5.90. The molecule has 1 aliphatic heterocycles. The maximum atomic E-state index is 15.4. The molecule has 1 aliphatic carbocycles. The number of aromatic nitrogens is 2. The van der Waals surface area contributed by atoms with Crippen LogP contribution in [-0.2, 0) is 0 Å². The molecule has 4 rings (SSSR count). The number of alkyl halides is 3. The Labute approximate surface area is 163 Å². The van der Waals surface area contributed by atoms with E-state index in [4.69, 9.17) is 5.73 Å². The van der Waals surface area contributed by atoms with E-state index in [9.17, 15) is 22.8 Å². The zero-order valence-electron chi connectivity index (χ0n) is 15.9. The molecular formula is C19H22F4N4O2. The van der Waals surface area contributed by atoms with Crippen molar-refractivity contribution in [3.05, 3.63) is 37.8 Å². The van der Waals surface area contributed by atoms with Crippen LogP contribution in [-0.4, -0.2) is 35.9 Å². The van der Waals surface area contributed by atoms with Crippen molar-refractivity contribution < 1.29 is 17.6 Å². The first kappa shape index (κ1) is 19.9. The molecule has 0 radical (unpaired) electrons. The first-order chi connectivity index (χ1) is 13.8. The topological polar surface area (TPSA) is 84.1 Å². The molecular weight excluding hydrogens is 392 g/mol. The van der Waals surface area contributed by atoms with Gasteiger partial charge in [-0.05, 0) is 32.2 Å². The maximum absolute atomic E-state index is 15.4. The third kappa shape index (κ3) is 3.04. The van der Waals surface area contributed by atoms with Crippen LogP contribution in [0.15, 0.2) is 9.59 Å². The van der Waals surface area contributed by atoms with E-state index in [1.807, 2.05) is 4.98 Å². The van der Waals surface area contributed by atoms with Crippen LogP contribution >= 0.6 is 0 Å². The van der Waals surface area contributed by atoms with Crippen LogP contribution in [0, 0.1) is 24.6 Å². The van der Waals surface area contributed by atoms with Crippen molar-refractivity contribution in [2.75, 3.05) is 31.2 Å². The molecule has 2 aliphatic rings. The molecule has 2 unspecified atom stereocenters. The van der Waals surface area contributed by atoms with Gasteiger partial charge in [-0.15, -0.1) is 0 Å². The first-order valence-electron chi connectivity index (χ1n) is 9.59. The van der Waals surface area contributed by atoms with Gasteiger partial charge in [-0.25, -0.2) is 18.0 Å². The molecule has 29 heavy (non-hydrogen) atoms. The predicted octanol–water partition coefficient (Wildman–Crippen LogP) is 2.39. The fourth-order valence-electron chi connectivity index (χ4n) is 4.51. The Kier molecular flexibility index (Phi) is 4.92. The van der Waals surface area contributed by atoms with Crippen LogP contribution in [0.1, 0.15) is 36.4 Å². The number of hydrogen-bond donors (Lipinski definition) is 2. The highest BCUT2D eigenvalue weighted by Crippen LogP contribution is 2.43. The number of rotatable bonds is 5. The first-order valence-corrected chi connectivity index (χ1v) is 9.59. The molecule has 2 aromatic rings. The summed E-state index contributed by atoms with van der Waals surface area (Å²) in [4.78, 5) is 28.4. The molecule has 2 fully saturated rings. The van der Waals surface area contributed by atoms with Gasteiger partial charge in [0.15, 0.2) is 5.82 Å². The zero-order chi connectivity index (χ0) is 21.0. The summed E-state index contributed by atoms with van der Waals surface area (Å²) in [6, 6.07) is -0.224. The van der Waals surface area contributed by atoms with Crippen molar-refractivity contribution in [3.63, 3.8) is 0 Å². The van der Waals surface area contributed by atoms with Gasteiger partial charge < -0.3 is 10.6 Å². The summed E-state index contributed by atoms with van der Waals surface area (Å²) in [7, 11) is 0. The molecule has 10 heteroatoms. The second-order valence-corrected chi connectivity index (χ2v) is 7.90. The minimum atomic E-state index is -3.26. The number of benzene rings is 1. The Morgan fingerprint density at radius 2 is 1.86 bits per heavy atom. The van der Waals surface area contributed by atoms with Crippen LogP contribution in [0.3, 0.4) is 0 Å². The van der Waals surface area contributed by atoms with E-state index in [1.165, 1.54) is 16.4 Å². The van der Waals surface area contributed by atoms with Gasteiger partial charge in [-0.3, -0.25) is 18.7 Å². The van der Waals surface area contributed by atoms with Crippen molar-refractivity contribution in [2.45, 2.75) is 32.2 Å². The Bertz CT molecular complexity index is 1060. The largest absolute Gasteiger partial charge is 0.368 e. The second-order valence-electron chi connectivity index (χ2n) is 7.90. The molecule has 6 nitrogen and oxygen atoms in total. The Balaban J connectivity index is 2.05. The highest BCUT2D eigenvalue weighted by atomic mass is 19.3. The highest BCUT2D eigenvalue weighted by Gasteiger charge is 2.38. The van der Waals surface area contributed by atoms with Crippen molar-refractivity contribution in [3.8, 4) is 0 Å². The van der Waals surface area contributed by atoms with E-state index in [-0.39, 0.29) is 48.4 Å². The minimum Gasteiger partial charge on any atom is -0.368 e. The van der Waals surface area contributed by atoms with Crippen LogP contribution in [0.25, 0.3) is 10.9 Å². The van der Waals surface area contributed by atoms with Gasteiger partial charge >= 0.3 is 5.69 Å². The smallest absolute Gasteiger partial charge is 0.329 e. The van der Waals surface area contributed by atoms with E-state index in [0.29, 0.717) is 12.8 Å². The number of aromatic amines is 1. The lowest BCUT2D eigenvalue weighted by Crippen LogP contribution is -2.32. The number of hydrogen-bond acceptors (Lipinski definition) is 4. The Morgan fingerprint density at radius 1 is 1.21 bits per heavy atom. The summed E-state index contributed by atoms with van der Waals surface area (Å²) >= 11 is 0. The van der Waals surface area contributed by atoms with Crippen LogP contribution in [0.4, 0.5) is 23.2 Å². The molecule has 1 saturated carbocycles. The standard InChI is InChI=1S/C19H22F4N4O2/c1-8-15-13(18(28)25-19(29)27(15)11-2-3-11)12(17(22)23)14(21)16(8)26-6-9(4-20)10(5-24)7-26/h9-11,17H,2-7,24H2,1H3,(H,25,28,29). The lowest BCUT2D eigenvalue weighted by molar-refractivity contribution is 0.148. The fourth-order valence-corrected chi connectivity index (χ4v) is 4.51. The molecule has 1 aromatic carbocycles. The number of anilines is 1. The molecule has 0 spiro atoms. The number of halogens is 4. The lowest BCUT2D eigenvalue weighted by atomic mass is 9.98. The number of aryl methyl sites for hydroxylation is 1. The quantitative estimate of drug-likeness (QED) is 0.736. The molecule has 2 atom stereocenters. The summed E-state index contributed by atoms with van der Waals surface area (Å²) in [5.74, 6) is -1.88.